The Labute approximate surface area is 238 Å². The molecule has 0 spiro atoms. The Kier molecular flexibility index (Phi) is 6.02. The van der Waals surface area contributed by atoms with E-state index >= 15 is 0 Å². The van der Waals surface area contributed by atoms with E-state index in [1.54, 1.807) is 12.1 Å². The third kappa shape index (κ3) is 4.28. The van der Waals surface area contributed by atoms with Crippen LogP contribution in [0.3, 0.4) is 0 Å². The van der Waals surface area contributed by atoms with Crippen LogP contribution in [0.15, 0.2) is 135 Å². The van der Waals surface area contributed by atoms with E-state index in [4.69, 9.17) is 19.4 Å². The molecule has 2 aromatic heterocycles. The van der Waals surface area contributed by atoms with Crippen LogP contribution in [0.5, 0.6) is 0 Å². The molecule has 5 aromatic carbocycles. The van der Waals surface area contributed by atoms with Crippen LogP contribution in [0.2, 0.25) is 0 Å². The molecule has 0 aliphatic carbocycles. The molecule has 0 saturated carbocycles. The maximum Gasteiger partial charge on any atom is 0.200 e. The molecule has 0 amide bonds. The van der Waals surface area contributed by atoms with E-state index in [2.05, 4.69) is 15.9 Å². The van der Waals surface area contributed by atoms with Crippen molar-refractivity contribution in [1.29, 1.82) is 0 Å². The second kappa shape index (κ2) is 9.98. The maximum atomic E-state index is 13.3. The molecule has 7 rings (SSSR count). The zero-order valence-electron chi connectivity index (χ0n) is 21.1. The van der Waals surface area contributed by atoms with Gasteiger partial charge in [0.1, 0.15) is 5.58 Å². The van der Waals surface area contributed by atoms with Gasteiger partial charge in [0.2, 0.25) is 5.43 Å². The highest BCUT2D eigenvalue weighted by atomic mass is 79.9. The van der Waals surface area contributed by atoms with Crippen LogP contribution < -0.4 is 5.43 Å². The van der Waals surface area contributed by atoms with Gasteiger partial charge in [0.15, 0.2) is 23.1 Å². The quantitative estimate of drug-likeness (QED) is 0.195. The fourth-order valence-electron chi connectivity index (χ4n) is 4.86. The molecular weight excluding hydrogens is 562 g/mol. The zero-order chi connectivity index (χ0) is 27.1. The molecule has 0 N–H and O–H groups in total. The largest absolute Gasteiger partial charge is 0.454 e. The van der Waals surface area contributed by atoms with Crippen LogP contribution in [-0.4, -0.2) is 15.0 Å². The van der Waals surface area contributed by atoms with Gasteiger partial charge in [0, 0.05) is 22.3 Å². The van der Waals surface area contributed by atoms with Crippen LogP contribution in [0, 0.1) is 0 Å². The first kappa shape index (κ1) is 24.1. The molecule has 5 nitrogen and oxygen atoms in total. The second-order valence-corrected chi connectivity index (χ2v) is 10.2. The number of fused-ring (bicyclic) bond motifs is 2. The molecule has 0 saturated heterocycles. The Morgan fingerprint density at radius 3 is 1.65 bits per heavy atom. The average Bonchev–Trinajstić information content (AvgIpc) is 3.02. The third-order valence-electron chi connectivity index (χ3n) is 6.81. The lowest BCUT2D eigenvalue weighted by Gasteiger charge is -2.11. The van der Waals surface area contributed by atoms with Crippen LogP contribution in [0.25, 0.3) is 67.2 Å². The molecule has 0 bridgehead atoms. The number of aromatic nitrogens is 3. The van der Waals surface area contributed by atoms with Gasteiger partial charge in [0.25, 0.3) is 0 Å². The van der Waals surface area contributed by atoms with Gasteiger partial charge in [-0.2, -0.15) is 0 Å². The fourth-order valence-corrected chi connectivity index (χ4v) is 5.30. The number of halogens is 1. The predicted molar refractivity (Wildman–Crippen MR) is 163 cm³/mol. The molecule has 0 unspecified atom stereocenters. The van der Waals surface area contributed by atoms with E-state index in [1.165, 1.54) is 0 Å². The van der Waals surface area contributed by atoms with E-state index in [-0.39, 0.29) is 5.43 Å². The summed E-state index contributed by atoms with van der Waals surface area (Å²) >= 11 is 3.54. The number of nitrogens with zero attached hydrogens (tertiary/aromatic N) is 3. The van der Waals surface area contributed by atoms with Crippen molar-refractivity contribution >= 4 is 37.9 Å². The first-order chi connectivity index (χ1) is 19.7. The molecule has 0 aliphatic rings. The van der Waals surface area contributed by atoms with E-state index < -0.39 is 0 Å². The summed E-state index contributed by atoms with van der Waals surface area (Å²) in [5.41, 5.74) is 5.36. The Balaban J connectivity index is 1.42. The number of hydrogen-bond acceptors (Lipinski definition) is 5. The molecule has 7 aromatic rings. The molecule has 0 aliphatic heterocycles. The molecule has 190 valence electrons. The van der Waals surface area contributed by atoms with Gasteiger partial charge in [-0.3, -0.25) is 4.79 Å². The number of benzene rings is 5. The Hall–Kier alpha value is -4.94. The summed E-state index contributed by atoms with van der Waals surface area (Å²) in [6.07, 6.45) is 0. The lowest BCUT2D eigenvalue weighted by Crippen LogP contribution is -2.03. The fraction of sp³-hybridized carbons (Fsp3) is 0. The van der Waals surface area contributed by atoms with Crippen molar-refractivity contribution in [3.8, 4) is 45.3 Å². The summed E-state index contributed by atoms with van der Waals surface area (Å²) in [4.78, 5) is 27.9. The highest BCUT2D eigenvalue weighted by Gasteiger charge is 2.16. The van der Waals surface area contributed by atoms with Gasteiger partial charge in [-0.1, -0.05) is 97.1 Å². The molecular formula is C34H20BrN3O2. The van der Waals surface area contributed by atoms with Gasteiger partial charge >= 0.3 is 0 Å². The van der Waals surface area contributed by atoms with E-state index in [9.17, 15) is 4.79 Å². The minimum atomic E-state index is -0.0620. The lowest BCUT2D eigenvalue weighted by atomic mass is 9.99. The molecule has 0 fully saturated rings. The standard InChI is InChI=1S/C34H20BrN3O2/c35-28-19-9-18-27-29(39)26-17-8-16-25(30(26)40-31(27)28)23-14-7-15-24(20-23)34-37-32(21-10-3-1-4-11-21)36-33(38-34)22-12-5-2-6-13-22/h1-20H. The lowest BCUT2D eigenvalue weighted by molar-refractivity contribution is 0.659. The van der Waals surface area contributed by atoms with Gasteiger partial charge in [0.05, 0.1) is 15.2 Å². The summed E-state index contributed by atoms with van der Waals surface area (Å²) in [7, 11) is 0. The van der Waals surface area contributed by atoms with Gasteiger partial charge < -0.3 is 4.42 Å². The van der Waals surface area contributed by atoms with Gasteiger partial charge in [-0.05, 0) is 45.8 Å². The van der Waals surface area contributed by atoms with Crippen molar-refractivity contribution in [3.05, 3.63) is 136 Å². The number of rotatable bonds is 4. The minimum absolute atomic E-state index is 0.0620. The summed E-state index contributed by atoms with van der Waals surface area (Å²) in [6.45, 7) is 0. The first-order valence-corrected chi connectivity index (χ1v) is 13.6. The zero-order valence-corrected chi connectivity index (χ0v) is 22.7. The summed E-state index contributed by atoms with van der Waals surface area (Å²) in [5.74, 6) is 1.76. The molecule has 0 atom stereocenters. The predicted octanol–water partition coefficient (Wildman–Crippen LogP) is 8.56. The van der Waals surface area contributed by atoms with Crippen LogP contribution >= 0.6 is 15.9 Å². The maximum absolute atomic E-state index is 13.3. The Morgan fingerprint density at radius 2 is 1.00 bits per heavy atom. The van der Waals surface area contributed by atoms with Crippen molar-refractivity contribution in [2.24, 2.45) is 0 Å². The van der Waals surface area contributed by atoms with Crippen LogP contribution in [-0.2, 0) is 0 Å². The Morgan fingerprint density at radius 1 is 0.500 bits per heavy atom. The van der Waals surface area contributed by atoms with Crippen molar-refractivity contribution < 1.29 is 4.42 Å². The second-order valence-electron chi connectivity index (χ2n) is 9.35. The number of para-hydroxylation sites is 2. The van der Waals surface area contributed by atoms with Crippen LogP contribution in [0.1, 0.15) is 0 Å². The van der Waals surface area contributed by atoms with Crippen molar-refractivity contribution in [3.63, 3.8) is 0 Å². The first-order valence-electron chi connectivity index (χ1n) is 12.8. The molecule has 2 heterocycles. The minimum Gasteiger partial charge on any atom is -0.454 e. The molecule has 0 radical (unpaired) electrons. The van der Waals surface area contributed by atoms with E-state index in [0.29, 0.717) is 39.4 Å². The third-order valence-corrected chi connectivity index (χ3v) is 7.43. The summed E-state index contributed by atoms with van der Waals surface area (Å²) in [5, 5.41) is 1.08. The van der Waals surface area contributed by atoms with Crippen molar-refractivity contribution in [2.45, 2.75) is 0 Å². The summed E-state index contributed by atoms with van der Waals surface area (Å²) < 4.78 is 7.09. The topological polar surface area (TPSA) is 68.9 Å². The smallest absolute Gasteiger partial charge is 0.200 e. The van der Waals surface area contributed by atoms with Crippen molar-refractivity contribution in [1.82, 2.24) is 15.0 Å². The van der Waals surface area contributed by atoms with Gasteiger partial charge in [-0.25, -0.2) is 15.0 Å². The molecule has 40 heavy (non-hydrogen) atoms. The van der Waals surface area contributed by atoms with E-state index in [1.807, 2.05) is 109 Å². The van der Waals surface area contributed by atoms with E-state index in [0.717, 1.165) is 32.3 Å². The SMILES string of the molecule is O=c1c2cccc(Br)c2oc2c(-c3cccc(-c4nc(-c5ccccc5)nc(-c5ccccc5)n4)c3)cccc12. The number of hydrogen-bond donors (Lipinski definition) is 0. The highest BCUT2D eigenvalue weighted by Crippen LogP contribution is 2.34. The summed E-state index contributed by atoms with van der Waals surface area (Å²) in [6, 6.07) is 38.9. The normalized spacial score (nSPS) is 11.2. The highest BCUT2D eigenvalue weighted by molar-refractivity contribution is 9.10. The molecule has 6 heteroatoms. The monoisotopic (exact) mass is 581 g/mol. The average molecular weight is 582 g/mol. The van der Waals surface area contributed by atoms with Crippen LogP contribution in [0.4, 0.5) is 0 Å². The van der Waals surface area contributed by atoms with Gasteiger partial charge in [-0.15, -0.1) is 0 Å². The van der Waals surface area contributed by atoms with Crippen molar-refractivity contribution in [2.75, 3.05) is 0 Å². The Bertz CT molecular complexity index is 2030.